The molecule has 12 rings (SSSR count). The van der Waals surface area contributed by atoms with Gasteiger partial charge in [-0.3, -0.25) is 9.59 Å². The van der Waals surface area contributed by atoms with E-state index < -0.39 is 81.8 Å². The lowest BCUT2D eigenvalue weighted by molar-refractivity contribution is 0.0210. The van der Waals surface area contributed by atoms with Crippen LogP contribution in [0.3, 0.4) is 0 Å². The Kier molecular flexibility index (Phi) is 19.1. The van der Waals surface area contributed by atoms with Gasteiger partial charge in [0.05, 0.1) is 24.5 Å². The maximum Gasteiger partial charge on any atom is 0.410 e. The molecule has 2 fully saturated rings. The standard InChI is InChI=1S/C37H38F3N7O4.C32H30F3N7O2/c1-20-10-12-24(42-33(48)22-11-9-21(2)29(40)17-22)18-25(20)30-26-19-41-35(49)47(31-27(38)7-6-8-28(31)39)32(26)45-34(44-30)43-23-13-15-46(16-14-23)36(50)51-37(3,4)5;1-17-7-9-21(38-30(43)19-8-6-18(2)26(35)14-19)15-22(17)27-23-16-37-32(44)42(28-24(33)4-3-5-25(28)34)29(23)41-31(40-27)39-20-10-12-36-13-11-20/h6-12,17-18,23H,13-16,19H2,1-5H3,(H,41,49)(H,42,48)(H,43,44,45);3-9,14-15,20,36H,10-13,16H2,1-2H3,(H,37,44)(H,38,43)(H,39,40,41). The number of rotatable bonds is 12. The summed E-state index contributed by atoms with van der Waals surface area (Å²) in [6, 6.07) is 23.9. The first-order valence-electron chi connectivity index (χ1n) is 30.8. The second kappa shape index (κ2) is 27.5. The highest BCUT2D eigenvalue weighted by Crippen LogP contribution is 2.42. The van der Waals surface area contributed by atoms with Gasteiger partial charge in [-0.15, -0.1) is 0 Å². The number of aryl methyl sites for hydroxylation is 4. The van der Waals surface area contributed by atoms with Crippen LogP contribution in [0.25, 0.3) is 22.5 Å². The van der Waals surface area contributed by atoms with Crippen molar-refractivity contribution in [2.45, 2.75) is 105 Å². The first-order chi connectivity index (χ1) is 45.4. The smallest absolute Gasteiger partial charge is 0.410 e. The van der Waals surface area contributed by atoms with Gasteiger partial charge in [0, 0.05) is 69.9 Å². The minimum atomic E-state index is -0.962. The Labute approximate surface area is 543 Å². The van der Waals surface area contributed by atoms with Gasteiger partial charge >= 0.3 is 18.2 Å². The molecule has 0 atom stereocenters. The number of amides is 7. The zero-order chi connectivity index (χ0) is 67.6. The monoisotopic (exact) mass is 1300 g/mol. The van der Waals surface area contributed by atoms with E-state index in [0.717, 1.165) is 77.2 Å². The van der Waals surface area contributed by atoms with E-state index in [2.05, 4.69) is 47.2 Å². The van der Waals surface area contributed by atoms with Gasteiger partial charge in [-0.1, -0.05) is 36.4 Å². The summed E-state index contributed by atoms with van der Waals surface area (Å²) in [5.41, 5.74) is 4.45. The van der Waals surface area contributed by atoms with Crippen LogP contribution in [0.1, 0.15) is 101 Å². The van der Waals surface area contributed by atoms with E-state index in [0.29, 0.717) is 82.1 Å². The van der Waals surface area contributed by atoms with Crippen molar-refractivity contribution in [1.82, 2.24) is 40.8 Å². The zero-order valence-electron chi connectivity index (χ0n) is 53.0. The lowest BCUT2D eigenvalue weighted by atomic mass is 9.99. The van der Waals surface area contributed by atoms with E-state index in [-0.39, 0.29) is 59.8 Å². The number of nitrogens with one attached hydrogen (secondary N) is 7. The fraction of sp³-hybridized carbons (Fsp3) is 0.290. The number of anilines is 8. The van der Waals surface area contributed by atoms with Crippen molar-refractivity contribution in [2.75, 3.05) is 57.2 Å². The summed E-state index contributed by atoms with van der Waals surface area (Å²) in [6.45, 7) is 14.7. The molecule has 0 aliphatic carbocycles. The number of halogens is 6. The van der Waals surface area contributed by atoms with Gasteiger partial charge in [0.25, 0.3) is 11.8 Å². The molecule has 26 heteroatoms. The third-order valence-corrected chi connectivity index (χ3v) is 16.5. The molecular weight excluding hydrogens is 1230 g/mol. The molecular formula is C69H68F6N14O6. The molecule has 0 saturated carbocycles. The fourth-order valence-corrected chi connectivity index (χ4v) is 11.4. The van der Waals surface area contributed by atoms with Crippen molar-refractivity contribution in [3.63, 3.8) is 0 Å². The molecule has 6 aromatic carbocycles. The van der Waals surface area contributed by atoms with Crippen molar-refractivity contribution >= 4 is 76.3 Å². The number of urea groups is 2. The number of carbonyl (C=O) groups excluding carboxylic acids is 5. The van der Waals surface area contributed by atoms with Crippen molar-refractivity contribution in [3.05, 3.63) is 189 Å². The zero-order valence-corrected chi connectivity index (χ0v) is 53.0. The largest absolute Gasteiger partial charge is 0.444 e. The second-order valence-electron chi connectivity index (χ2n) is 24.5. The average Bonchev–Trinajstić information content (AvgIpc) is 0.774. The minimum Gasteiger partial charge on any atom is -0.444 e. The maximum atomic E-state index is 15.2. The molecule has 6 heterocycles. The number of likely N-dealkylation sites (tertiary alicyclic amines) is 1. The Balaban J connectivity index is 0.000000195. The van der Waals surface area contributed by atoms with E-state index in [9.17, 15) is 32.8 Å². The van der Waals surface area contributed by atoms with E-state index in [1.165, 1.54) is 36.4 Å². The molecule has 20 nitrogen and oxygen atoms in total. The number of fused-ring (bicyclic) bond motifs is 2. The lowest BCUT2D eigenvalue weighted by Crippen LogP contribution is -2.45. The predicted molar refractivity (Wildman–Crippen MR) is 348 cm³/mol. The van der Waals surface area contributed by atoms with Crippen molar-refractivity contribution < 1.29 is 55.1 Å². The topological polar surface area (TPSA) is 240 Å². The molecule has 492 valence electrons. The normalized spacial score (nSPS) is 14.9. The molecule has 4 aliphatic heterocycles. The molecule has 2 saturated heterocycles. The summed E-state index contributed by atoms with van der Waals surface area (Å²) in [7, 11) is 0. The molecule has 0 radical (unpaired) electrons. The maximum absolute atomic E-state index is 15.2. The lowest BCUT2D eigenvalue weighted by Gasteiger charge is -2.34. The predicted octanol–water partition coefficient (Wildman–Crippen LogP) is 13.6. The van der Waals surface area contributed by atoms with E-state index in [1.807, 2.05) is 13.8 Å². The molecule has 7 N–H and O–H groups in total. The number of nitrogens with zero attached hydrogens (tertiary/aromatic N) is 7. The Morgan fingerprint density at radius 2 is 0.916 bits per heavy atom. The van der Waals surface area contributed by atoms with Crippen LogP contribution < -0.4 is 47.0 Å². The van der Waals surface area contributed by atoms with Gasteiger partial charge < -0.3 is 46.9 Å². The van der Waals surface area contributed by atoms with Crippen molar-refractivity contribution in [3.8, 4) is 22.5 Å². The number of piperidine rings is 2. The summed E-state index contributed by atoms with van der Waals surface area (Å²) < 4.78 is 94.3. The third kappa shape index (κ3) is 14.6. The van der Waals surface area contributed by atoms with Crippen LogP contribution in [0.15, 0.2) is 109 Å². The van der Waals surface area contributed by atoms with Crippen LogP contribution in [0.4, 0.5) is 87.0 Å². The van der Waals surface area contributed by atoms with Gasteiger partial charge in [-0.2, -0.15) is 9.97 Å². The molecule has 7 amide bonds. The van der Waals surface area contributed by atoms with Gasteiger partial charge in [0.1, 0.15) is 51.9 Å². The molecule has 0 spiro atoms. The van der Waals surface area contributed by atoms with Crippen LogP contribution in [0, 0.1) is 62.6 Å². The van der Waals surface area contributed by atoms with Gasteiger partial charge in [0.15, 0.2) is 11.6 Å². The number of benzene rings is 6. The number of aromatic nitrogens is 4. The minimum absolute atomic E-state index is 0.00235. The quantitative estimate of drug-likeness (QED) is 0.0564. The highest BCUT2D eigenvalue weighted by Gasteiger charge is 2.37. The Bertz CT molecular complexity index is 4310. The third-order valence-electron chi connectivity index (χ3n) is 16.5. The second-order valence-corrected chi connectivity index (χ2v) is 24.5. The highest BCUT2D eigenvalue weighted by molar-refractivity contribution is 6.07. The van der Waals surface area contributed by atoms with Crippen LogP contribution in [-0.4, -0.2) is 98.7 Å². The summed E-state index contributed by atoms with van der Waals surface area (Å²) in [4.78, 5) is 87.5. The Hall–Kier alpha value is -10.6. The first-order valence-corrected chi connectivity index (χ1v) is 30.8. The SMILES string of the molecule is Cc1ccc(C(=O)Nc2ccc(C)c(-c3nc(NC4CCN(C(=O)OC(C)(C)C)CC4)nc4c3CNC(=O)N4c3c(F)cccc3F)c2)cc1F.Cc1ccc(C(=O)Nc2ccc(C)c(-c3nc(NC4CCNCC4)nc4c3CNC(=O)N4c3c(F)cccc3F)c2)cc1F. The van der Waals surface area contributed by atoms with E-state index in [1.54, 1.807) is 82.0 Å². The summed E-state index contributed by atoms with van der Waals surface area (Å²) in [6.07, 6.45) is 2.27. The number of para-hydroxylation sites is 2. The summed E-state index contributed by atoms with van der Waals surface area (Å²) >= 11 is 0. The van der Waals surface area contributed by atoms with Crippen LogP contribution in [-0.2, 0) is 17.8 Å². The fourth-order valence-electron chi connectivity index (χ4n) is 11.4. The van der Waals surface area contributed by atoms with Crippen molar-refractivity contribution in [1.29, 1.82) is 0 Å². The Morgan fingerprint density at radius 1 is 0.516 bits per heavy atom. The first kappa shape index (κ1) is 65.8. The van der Waals surface area contributed by atoms with Crippen LogP contribution >= 0.6 is 0 Å². The highest BCUT2D eigenvalue weighted by atomic mass is 19.2. The number of hydrogen-bond acceptors (Lipinski definition) is 13. The van der Waals surface area contributed by atoms with Gasteiger partial charge in [-0.25, -0.2) is 60.5 Å². The van der Waals surface area contributed by atoms with E-state index >= 15 is 17.6 Å². The number of hydrogen-bond donors (Lipinski definition) is 7. The molecule has 95 heavy (non-hydrogen) atoms. The summed E-state index contributed by atoms with van der Waals surface area (Å²) in [5, 5.41) is 20.9. The van der Waals surface area contributed by atoms with Crippen molar-refractivity contribution in [2.24, 2.45) is 0 Å². The van der Waals surface area contributed by atoms with Crippen LogP contribution in [0.5, 0.6) is 0 Å². The molecule has 0 bridgehead atoms. The van der Waals surface area contributed by atoms with Gasteiger partial charge in [-0.05, 0) is 182 Å². The van der Waals surface area contributed by atoms with E-state index in [4.69, 9.17) is 14.7 Å². The molecule has 8 aromatic rings. The van der Waals surface area contributed by atoms with Crippen LogP contribution in [0.2, 0.25) is 0 Å². The summed E-state index contributed by atoms with van der Waals surface area (Å²) in [5.74, 6) is -5.46. The van der Waals surface area contributed by atoms with Gasteiger partial charge in [0.2, 0.25) is 11.9 Å². The molecule has 2 aromatic heterocycles. The number of ether oxygens (including phenoxy) is 1. The number of carbonyl (C=O) groups is 5. The average molecular weight is 1300 g/mol. The Morgan fingerprint density at radius 3 is 1.32 bits per heavy atom. The molecule has 0 unspecified atom stereocenters. The molecule has 4 aliphatic rings.